The minimum Gasteiger partial charge on any atom is -0.497 e. The van der Waals surface area contributed by atoms with E-state index in [4.69, 9.17) is 4.74 Å². The van der Waals surface area contributed by atoms with Gasteiger partial charge in [0, 0.05) is 28.4 Å². The summed E-state index contributed by atoms with van der Waals surface area (Å²) in [6.45, 7) is 15.9. The normalized spacial score (nSPS) is 12.5. The standard InChI is InChI=1S/C22H33N3O3/c1-14(2)20(27)19-16-11-10-15(28-9)12-17(16)24(23-19)13-18(26)25(21(3,4)5)22(6,7)8/h10-12,14H,13H2,1-9H3. The van der Waals surface area contributed by atoms with Crippen LogP contribution in [-0.2, 0) is 11.3 Å². The number of fused-ring (bicyclic) bond motifs is 1. The molecule has 2 aromatic rings. The van der Waals surface area contributed by atoms with Crippen LogP contribution in [-0.4, -0.2) is 44.6 Å². The fourth-order valence-electron chi connectivity index (χ4n) is 3.81. The van der Waals surface area contributed by atoms with E-state index >= 15 is 0 Å². The molecule has 1 heterocycles. The SMILES string of the molecule is COc1ccc2c(C(=O)C(C)C)nn(CC(=O)N(C(C)(C)C)C(C)(C)C)c2c1. The first-order chi connectivity index (χ1) is 12.8. The zero-order valence-electron chi connectivity index (χ0n) is 18.6. The predicted octanol–water partition coefficient (Wildman–Crippen LogP) is 4.31. The zero-order valence-corrected chi connectivity index (χ0v) is 18.6. The Hall–Kier alpha value is -2.37. The molecule has 0 saturated heterocycles. The second kappa shape index (κ2) is 7.57. The molecule has 0 aliphatic rings. The number of hydrogen-bond donors (Lipinski definition) is 0. The van der Waals surface area contributed by atoms with Crippen LogP contribution in [0, 0.1) is 5.92 Å². The van der Waals surface area contributed by atoms with Crippen molar-refractivity contribution < 1.29 is 14.3 Å². The van der Waals surface area contributed by atoms with Gasteiger partial charge in [-0.05, 0) is 53.7 Å². The van der Waals surface area contributed by atoms with Crippen LogP contribution in [0.1, 0.15) is 65.9 Å². The van der Waals surface area contributed by atoms with E-state index < -0.39 is 0 Å². The third-order valence-electron chi connectivity index (χ3n) is 4.59. The van der Waals surface area contributed by atoms with Gasteiger partial charge in [0.25, 0.3) is 0 Å². The van der Waals surface area contributed by atoms with Gasteiger partial charge in [-0.25, -0.2) is 0 Å². The lowest BCUT2D eigenvalue weighted by molar-refractivity contribution is -0.143. The molecule has 2 rings (SSSR count). The van der Waals surface area contributed by atoms with Crippen molar-refractivity contribution in [3.8, 4) is 5.75 Å². The van der Waals surface area contributed by atoms with Crippen molar-refractivity contribution in [2.24, 2.45) is 5.92 Å². The van der Waals surface area contributed by atoms with E-state index in [1.54, 1.807) is 11.8 Å². The highest BCUT2D eigenvalue weighted by Crippen LogP contribution is 2.28. The fraction of sp³-hybridized carbons (Fsp3) is 0.591. The van der Waals surface area contributed by atoms with Crippen molar-refractivity contribution in [3.63, 3.8) is 0 Å². The maximum absolute atomic E-state index is 13.3. The number of Topliss-reactive ketones (excluding diaryl/α,β-unsaturated/α-hetero) is 1. The van der Waals surface area contributed by atoms with Crippen molar-refractivity contribution in [2.45, 2.75) is 73.0 Å². The molecule has 0 atom stereocenters. The number of ketones is 1. The average molecular weight is 388 g/mol. The molecule has 0 spiro atoms. The second-order valence-corrected chi connectivity index (χ2v) is 9.48. The molecule has 0 saturated carbocycles. The molecule has 1 aromatic heterocycles. The molecule has 0 bridgehead atoms. The fourth-order valence-corrected chi connectivity index (χ4v) is 3.81. The van der Waals surface area contributed by atoms with Gasteiger partial charge in [-0.2, -0.15) is 5.10 Å². The summed E-state index contributed by atoms with van der Waals surface area (Å²) in [6, 6.07) is 5.47. The molecular formula is C22H33N3O3. The van der Waals surface area contributed by atoms with Crippen molar-refractivity contribution in [2.75, 3.05) is 7.11 Å². The third-order valence-corrected chi connectivity index (χ3v) is 4.59. The van der Waals surface area contributed by atoms with Crippen molar-refractivity contribution in [3.05, 3.63) is 23.9 Å². The van der Waals surface area contributed by atoms with Crippen molar-refractivity contribution in [1.29, 1.82) is 0 Å². The van der Waals surface area contributed by atoms with Gasteiger partial charge in [0.15, 0.2) is 5.78 Å². The number of methoxy groups -OCH3 is 1. The maximum Gasteiger partial charge on any atom is 0.245 e. The summed E-state index contributed by atoms with van der Waals surface area (Å²) in [5, 5.41) is 5.28. The number of amides is 1. The molecule has 6 heteroatoms. The lowest BCUT2D eigenvalue weighted by Crippen LogP contribution is -2.56. The van der Waals surface area contributed by atoms with Crippen LogP contribution in [0.15, 0.2) is 18.2 Å². The lowest BCUT2D eigenvalue weighted by Gasteiger charge is -2.45. The summed E-state index contributed by atoms with van der Waals surface area (Å²) in [5.74, 6) is 0.402. The monoisotopic (exact) mass is 387 g/mol. The lowest BCUT2D eigenvalue weighted by atomic mass is 9.96. The summed E-state index contributed by atoms with van der Waals surface area (Å²) >= 11 is 0. The number of hydrogen-bond acceptors (Lipinski definition) is 4. The number of ether oxygens (including phenoxy) is 1. The van der Waals surface area contributed by atoms with E-state index in [0.717, 1.165) is 10.9 Å². The largest absolute Gasteiger partial charge is 0.497 e. The molecule has 0 unspecified atom stereocenters. The molecular weight excluding hydrogens is 354 g/mol. The van der Waals surface area contributed by atoms with Gasteiger partial charge in [0.2, 0.25) is 5.91 Å². The van der Waals surface area contributed by atoms with Crippen molar-refractivity contribution >= 4 is 22.6 Å². The topological polar surface area (TPSA) is 64.4 Å². The molecule has 28 heavy (non-hydrogen) atoms. The van der Waals surface area contributed by atoms with Crippen LogP contribution in [0.2, 0.25) is 0 Å². The van der Waals surface area contributed by atoms with Gasteiger partial charge in [-0.15, -0.1) is 0 Å². The first kappa shape index (κ1) is 21.9. The number of benzene rings is 1. The summed E-state index contributed by atoms with van der Waals surface area (Å²) in [6.07, 6.45) is 0. The first-order valence-electron chi connectivity index (χ1n) is 9.69. The Kier molecular flexibility index (Phi) is 5.93. The quantitative estimate of drug-likeness (QED) is 0.717. The van der Waals surface area contributed by atoms with Crippen LogP contribution < -0.4 is 4.74 Å². The van der Waals surface area contributed by atoms with Gasteiger partial charge in [0.05, 0.1) is 12.6 Å². The van der Waals surface area contributed by atoms with Crippen LogP contribution in [0.25, 0.3) is 10.9 Å². The molecule has 0 aliphatic carbocycles. The molecule has 0 radical (unpaired) electrons. The van der Waals surface area contributed by atoms with Crippen molar-refractivity contribution in [1.82, 2.24) is 14.7 Å². The van der Waals surface area contributed by atoms with E-state index in [9.17, 15) is 9.59 Å². The van der Waals surface area contributed by atoms with Gasteiger partial charge >= 0.3 is 0 Å². The molecule has 0 fully saturated rings. The Labute approximate surface area is 167 Å². The predicted molar refractivity (Wildman–Crippen MR) is 112 cm³/mol. The van der Waals surface area contributed by atoms with E-state index in [1.165, 1.54) is 0 Å². The third kappa shape index (κ3) is 4.37. The van der Waals surface area contributed by atoms with E-state index in [0.29, 0.717) is 11.4 Å². The van der Waals surface area contributed by atoms with Gasteiger partial charge in [-0.1, -0.05) is 13.8 Å². The number of carbonyl (C=O) groups is 2. The van der Waals surface area contributed by atoms with E-state index in [1.807, 2.05) is 78.5 Å². The van der Waals surface area contributed by atoms with Crippen LogP contribution in [0.4, 0.5) is 0 Å². The Balaban J connectivity index is 2.57. The Morgan fingerprint density at radius 2 is 1.68 bits per heavy atom. The molecule has 0 N–H and O–H groups in total. The average Bonchev–Trinajstić information content (AvgIpc) is 2.88. The van der Waals surface area contributed by atoms with Gasteiger partial charge < -0.3 is 9.64 Å². The first-order valence-corrected chi connectivity index (χ1v) is 9.69. The minimum absolute atomic E-state index is 0.0372. The minimum atomic E-state index is -0.341. The van der Waals surface area contributed by atoms with Gasteiger partial charge in [0.1, 0.15) is 18.0 Å². The second-order valence-electron chi connectivity index (χ2n) is 9.48. The Morgan fingerprint density at radius 1 is 1.11 bits per heavy atom. The Bertz CT molecular complexity index is 869. The highest BCUT2D eigenvalue weighted by atomic mass is 16.5. The molecule has 1 aromatic carbocycles. The summed E-state index contributed by atoms with van der Waals surface area (Å²) < 4.78 is 6.96. The van der Waals surface area contributed by atoms with Crippen LogP contribution in [0.3, 0.4) is 0 Å². The highest BCUT2D eigenvalue weighted by molar-refractivity contribution is 6.07. The van der Waals surface area contributed by atoms with E-state index in [2.05, 4.69) is 5.10 Å². The number of carbonyl (C=O) groups excluding carboxylic acids is 2. The number of aromatic nitrogens is 2. The maximum atomic E-state index is 13.3. The summed E-state index contributed by atoms with van der Waals surface area (Å²) in [7, 11) is 1.59. The summed E-state index contributed by atoms with van der Waals surface area (Å²) in [4.78, 5) is 27.8. The smallest absolute Gasteiger partial charge is 0.245 e. The van der Waals surface area contributed by atoms with Gasteiger partial charge in [-0.3, -0.25) is 14.3 Å². The molecule has 1 amide bonds. The molecule has 6 nitrogen and oxygen atoms in total. The number of nitrogens with zero attached hydrogens (tertiary/aromatic N) is 3. The molecule has 0 aliphatic heterocycles. The highest BCUT2D eigenvalue weighted by Gasteiger charge is 2.36. The number of rotatable bonds is 5. The Morgan fingerprint density at radius 3 is 2.14 bits per heavy atom. The van der Waals surface area contributed by atoms with Crippen LogP contribution in [0.5, 0.6) is 5.75 Å². The zero-order chi connectivity index (χ0) is 21.4. The van der Waals surface area contributed by atoms with E-state index in [-0.39, 0.29) is 35.2 Å². The van der Waals surface area contributed by atoms with Crippen LogP contribution >= 0.6 is 0 Å². The molecule has 154 valence electrons. The summed E-state index contributed by atoms with van der Waals surface area (Å²) in [5.41, 5.74) is 0.442.